The van der Waals surface area contributed by atoms with Gasteiger partial charge in [0.15, 0.2) is 12.4 Å². The van der Waals surface area contributed by atoms with Crippen LogP contribution in [0.25, 0.3) is 0 Å². The van der Waals surface area contributed by atoms with E-state index in [0.717, 1.165) is 12.8 Å². The molecule has 0 amide bonds. The molecule has 0 saturated carbocycles. The van der Waals surface area contributed by atoms with Gasteiger partial charge in [0.1, 0.15) is 6.61 Å². The smallest absolute Gasteiger partial charge is 0.411 e. The number of nitrogens with zero attached hydrogens (tertiary/aromatic N) is 1. The maximum atomic E-state index is 12.5. The number of alkyl halides is 3. The van der Waals surface area contributed by atoms with Crippen molar-refractivity contribution >= 4 is 21.8 Å². The lowest BCUT2D eigenvalue weighted by Gasteiger charge is -2.15. The summed E-state index contributed by atoms with van der Waals surface area (Å²) in [5.74, 6) is -1.29. The summed E-state index contributed by atoms with van der Waals surface area (Å²) in [4.78, 5) is 24.5. The average molecular weight is 485 g/mol. The van der Waals surface area contributed by atoms with Gasteiger partial charge >= 0.3 is 12.1 Å². The van der Waals surface area contributed by atoms with Crippen LogP contribution in [0.3, 0.4) is 0 Å². The number of halogens is 3. The fraction of sp³-hybridized carbons (Fsp3) is 0.364. The molecule has 0 spiro atoms. The molecular weight excluding hydrogens is 463 g/mol. The van der Waals surface area contributed by atoms with E-state index < -0.39 is 41.2 Å². The highest BCUT2D eigenvalue weighted by Crippen LogP contribution is 2.21. The summed E-state index contributed by atoms with van der Waals surface area (Å²) in [6.45, 7) is -1.24. The molecule has 0 N–H and O–H groups in total. The minimum Gasteiger partial charge on any atom is -0.454 e. The van der Waals surface area contributed by atoms with Crippen molar-refractivity contribution in [3.8, 4) is 0 Å². The van der Waals surface area contributed by atoms with Gasteiger partial charge in [-0.3, -0.25) is 4.79 Å². The molecule has 0 bridgehead atoms. The predicted octanol–water partition coefficient (Wildman–Crippen LogP) is 3.59. The second-order valence-electron chi connectivity index (χ2n) is 7.44. The zero-order valence-electron chi connectivity index (χ0n) is 17.5. The quantitative estimate of drug-likeness (QED) is 0.398. The van der Waals surface area contributed by atoms with E-state index in [-0.39, 0.29) is 22.6 Å². The average Bonchev–Trinajstić information content (AvgIpc) is 3.33. The Morgan fingerprint density at radius 3 is 2.06 bits per heavy atom. The molecule has 178 valence electrons. The molecule has 1 heterocycles. The summed E-state index contributed by atoms with van der Waals surface area (Å²) >= 11 is 0. The van der Waals surface area contributed by atoms with Gasteiger partial charge in [-0.1, -0.05) is 12.1 Å². The third-order valence-corrected chi connectivity index (χ3v) is 6.85. The Labute approximate surface area is 189 Å². The summed E-state index contributed by atoms with van der Waals surface area (Å²) in [5, 5.41) is 0. The number of ether oxygens (including phenoxy) is 2. The molecule has 1 aliphatic rings. The van der Waals surface area contributed by atoms with Gasteiger partial charge in [0.2, 0.25) is 10.0 Å². The summed E-state index contributed by atoms with van der Waals surface area (Å²) in [6.07, 6.45) is -2.79. The van der Waals surface area contributed by atoms with Crippen LogP contribution in [0.15, 0.2) is 53.4 Å². The van der Waals surface area contributed by atoms with E-state index in [1.54, 1.807) is 0 Å². The number of hydrogen-bond acceptors (Lipinski definition) is 6. The lowest BCUT2D eigenvalue weighted by atomic mass is 10.1. The first kappa shape index (κ1) is 24.9. The molecule has 0 aliphatic carbocycles. The fourth-order valence-electron chi connectivity index (χ4n) is 3.21. The van der Waals surface area contributed by atoms with Gasteiger partial charge in [-0.25, -0.2) is 13.2 Å². The predicted molar refractivity (Wildman–Crippen MR) is 111 cm³/mol. The topological polar surface area (TPSA) is 90.0 Å². The van der Waals surface area contributed by atoms with Crippen molar-refractivity contribution in [3.63, 3.8) is 0 Å². The van der Waals surface area contributed by atoms with Crippen LogP contribution in [0, 0.1) is 0 Å². The highest BCUT2D eigenvalue weighted by Gasteiger charge is 2.28. The molecule has 0 atom stereocenters. The second kappa shape index (κ2) is 10.4. The molecule has 3 rings (SSSR count). The third kappa shape index (κ3) is 6.86. The highest BCUT2D eigenvalue weighted by molar-refractivity contribution is 7.89. The Balaban J connectivity index is 1.51. The fourth-order valence-corrected chi connectivity index (χ4v) is 4.73. The van der Waals surface area contributed by atoms with Gasteiger partial charge in [-0.2, -0.15) is 17.5 Å². The molecule has 2 aromatic rings. The number of ketones is 1. The lowest BCUT2D eigenvalue weighted by Crippen LogP contribution is -2.27. The Kier molecular flexibility index (Phi) is 7.88. The molecule has 7 nitrogen and oxygen atoms in total. The van der Waals surface area contributed by atoms with E-state index in [0.29, 0.717) is 18.7 Å². The number of esters is 1. The maximum absolute atomic E-state index is 12.5. The largest absolute Gasteiger partial charge is 0.454 e. The zero-order valence-corrected chi connectivity index (χ0v) is 18.3. The van der Waals surface area contributed by atoms with Crippen LogP contribution in [0.4, 0.5) is 13.2 Å². The van der Waals surface area contributed by atoms with E-state index in [9.17, 15) is 31.2 Å². The molecule has 1 fully saturated rings. The molecule has 11 heteroatoms. The van der Waals surface area contributed by atoms with Crippen molar-refractivity contribution in [3.05, 3.63) is 65.2 Å². The molecule has 0 unspecified atom stereocenters. The van der Waals surface area contributed by atoms with E-state index in [4.69, 9.17) is 4.74 Å². The first-order chi connectivity index (χ1) is 15.6. The number of hydrogen-bond donors (Lipinski definition) is 0. The first-order valence-electron chi connectivity index (χ1n) is 10.1. The Bertz CT molecular complexity index is 1080. The van der Waals surface area contributed by atoms with Gasteiger partial charge in [0.05, 0.1) is 17.1 Å². The van der Waals surface area contributed by atoms with Crippen LogP contribution in [-0.2, 0) is 26.1 Å². The number of carbonyl (C=O) groups excluding carboxylic acids is 2. The lowest BCUT2D eigenvalue weighted by molar-refractivity contribution is -0.176. The van der Waals surface area contributed by atoms with Crippen molar-refractivity contribution in [2.24, 2.45) is 0 Å². The molecule has 33 heavy (non-hydrogen) atoms. The van der Waals surface area contributed by atoms with E-state index in [2.05, 4.69) is 4.74 Å². The molecule has 1 aliphatic heterocycles. The Hall–Kier alpha value is -2.76. The van der Waals surface area contributed by atoms with Crippen molar-refractivity contribution < 1.29 is 40.7 Å². The molecule has 2 aromatic carbocycles. The minimum absolute atomic E-state index is 0.0947. The number of carbonyl (C=O) groups is 2. The first-order valence-corrected chi connectivity index (χ1v) is 11.5. The Morgan fingerprint density at radius 1 is 0.909 bits per heavy atom. The van der Waals surface area contributed by atoms with Gasteiger partial charge in [0.25, 0.3) is 0 Å². The third-order valence-electron chi connectivity index (χ3n) is 4.94. The molecule has 1 saturated heterocycles. The molecule has 0 aromatic heterocycles. The van der Waals surface area contributed by atoms with Crippen molar-refractivity contribution in [2.75, 3.05) is 26.3 Å². The van der Waals surface area contributed by atoms with E-state index in [1.807, 2.05) is 0 Å². The van der Waals surface area contributed by atoms with Crippen LogP contribution in [-0.4, -0.2) is 57.0 Å². The van der Waals surface area contributed by atoms with Crippen LogP contribution in [0.5, 0.6) is 0 Å². The van der Waals surface area contributed by atoms with Gasteiger partial charge in [-0.15, -0.1) is 0 Å². The Morgan fingerprint density at radius 2 is 1.48 bits per heavy atom. The number of rotatable bonds is 9. The summed E-state index contributed by atoms with van der Waals surface area (Å²) in [5.41, 5.74) is 0.755. The van der Waals surface area contributed by atoms with Gasteiger partial charge in [0, 0.05) is 18.7 Å². The highest BCUT2D eigenvalue weighted by atomic mass is 32.2. The van der Waals surface area contributed by atoms with E-state index in [1.165, 1.54) is 52.8 Å². The SMILES string of the molecule is O=C(COC(=O)c1ccc(COCC(F)(F)F)cc1)c1ccc(S(=O)(=O)N2CCCC2)cc1. The number of sulfonamides is 1. The number of benzene rings is 2. The summed E-state index contributed by atoms with van der Waals surface area (Å²) in [6, 6.07) is 11.0. The normalized spacial score (nSPS) is 14.9. The van der Waals surface area contributed by atoms with Gasteiger partial charge < -0.3 is 9.47 Å². The van der Waals surface area contributed by atoms with Crippen LogP contribution >= 0.6 is 0 Å². The molecular formula is C22H22F3NO6S. The van der Waals surface area contributed by atoms with Crippen LogP contribution < -0.4 is 0 Å². The summed E-state index contributed by atoms with van der Waals surface area (Å²) in [7, 11) is -3.59. The van der Waals surface area contributed by atoms with Crippen molar-refractivity contribution in [1.29, 1.82) is 0 Å². The monoisotopic (exact) mass is 485 g/mol. The molecule has 0 radical (unpaired) electrons. The summed E-state index contributed by atoms with van der Waals surface area (Å²) < 4.78 is 72.3. The number of Topliss-reactive ketones (excluding diaryl/α,β-unsaturated/α-hetero) is 1. The van der Waals surface area contributed by atoms with E-state index >= 15 is 0 Å². The zero-order chi connectivity index (χ0) is 24.1. The second-order valence-corrected chi connectivity index (χ2v) is 9.38. The van der Waals surface area contributed by atoms with Gasteiger partial charge in [-0.05, 0) is 54.8 Å². The maximum Gasteiger partial charge on any atom is 0.411 e. The van der Waals surface area contributed by atoms with Crippen LogP contribution in [0.1, 0.15) is 39.1 Å². The minimum atomic E-state index is -4.42. The van der Waals surface area contributed by atoms with Crippen LogP contribution in [0.2, 0.25) is 0 Å². The van der Waals surface area contributed by atoms with Crippen molar-refractivity contribution in [1.82, 2.24) is 4.31 Å². The standard InChI is InChI=1S/C22H22F3NO6S/c23-22(24,25)15-31-13-16-3-5-18(6-4-16)21(28)32-14-20(27)17-7-9-19(10-8-17)33(29,30)26-11-1-2-12-26/h3-10H,1-2,11-15H2. The van der Waals surface area contributed by atoms with Crippen molar-refractivity contribution in [2.45, 2.75) is 30.5 Å².